The summed E-state index contributed by atoms with van der Waals surface area (Å²) in [5.74, 6) is 0.342. The van der Waals surface area contributed by atoms with Crippen LogP contribution >= 0.6 is 11.6 Å². The zero-order valence-electron chi connectivity index (χ0n) is 13.4. The molecule has 4 heterocycles. The predicted molar refractivity (Wildman–Crippen MR) is 92.3 cm³/mol. The molecule has 0 amide bonds. The van der Waals surface area contributed by atoms with Crippen molar-refractivity contribution in [3.8, 4) is 11.4 Å². The van der Waals surface area contributed by atoms with E-state index in [1.54, 1.807) is 12.4 Å². The highest BCUT2D eigenvalue weighted by Gasteiger charge is 2.20. The number of fused-ring (bicyclic) bond motifs is 1. The molecule has 0 saturated carbocycles. The fourth-order valence-corrected chi connectivity index (χ4v) is 3.13. The number of rotatable bonds is 3. The van der Waals surface area contributed by atoms with Gasteiger partial charge >= 0.3 is 0 Å². The van der Waals surface area contributed by atoms with Gasteiger partial charge < -0.3 is 0 Å². The van der Waals surface area contributed by atoms with Crippen molar-refractivity contribution < 1.29 is 4.39 Å². The lowest BCUT2D eigenvalue weighted by Gasteiger charge is -2.28. The number of halogens is 2. The smallest absolute Gasteiger partial charge is 0.159 e. The van der Waals surface area contributed by atoms with Crippen LogP contribution in [0.15, 0.2) is 43.0 Å². The van der Waals surface area contributed by atoms with E-state index in [0.29, 0.717) is 29.6 Å². The summed E-state index contributed by atoms with van der Waals surface area (Å²) in [6, 6.07) is 5.24. The van der Waals surface area contributed by atoms with Gasteiger partial charge in [-0.1, -0.05) is 11.6 Å². The van der Waals surface area contributed by atoms with Crippen LogP contribution in [-0.4, -0.2) is 31.4 Å². The summed E-state index contributed by atoms with van der Waals surface area (Å²) in [6.07, 6.45) is 7.28. The molecule has 4 rings (SSSR count). The van der Waals surface area contributed by atoms with Gasteiger partial charge in [0.05, 0.1) is 11.9 Å². The van der Waals surface area contributed by atoms with E-state index in [-0.39, 0.29) is 5.82 Å². The molecule has 1 aliphatic heterocycles. The number of hydrogen-bond donors (Lipinski definition) is 0. The van der Waals surface area contributed by atoms with Gasteiger partial charge in [-0.2, -0.15) is 0 Å². The Hall–Kier alpha value is -2.44. The predicted octanol–water partition coefficient (Wildman–Crippen LogP) is 3.28. The first-order chi connectivity index (χ1) is 12.2. The molecule has 7 heteroatoms. The highest BCUT2D eigenvalue weighted by atomic mass is 35.5. The zero-order chi connectivity index (χ0) is 17.2. The fraction of sp³-hybridized carbons (Fsp3) is 0.222. The average molecular weight is 356 g/mol. The van der Waals surface area contributed by atoms with Gasteiger partial charge in [-0.25, -0.2) is 19.3 Å². The first-order valence-electron chi connectivity index (χ1n) is 7.96. The van der Waals surface area contributed by atoms with Crippen molar-refractivity contribution >= 4 is 11.6 Å². The molecule has 0 saturated heterocycles. The minimum atomic E-state index is -0.373. The summed E-state index contributed by atoms with van der Waals surface area (Å²) in [7, 11) is 0. The molecule has 0 spiro atoms. The van der Waals surface area contributed by atoms with Crippen LogP contribution in [0.3, 0.4) is 0 Å². The van der Waals surface area contributed by atoms with Crippen LogP contribution in [0.1, 0.15) is 16.8 Å². The SMILES string of the molecule is Fc1cnc(Cl)c(CN2CCc3nc(-c4ccncc4)ncc3C2)c1. The normalized spacial score (nSPS) is 14.3. The van der Waals surface area contributed by atoms with Crippen molar-refractivity contribution in [2.75, 3.05) is 6.54 Å². The lowest BCUT2D eigenvalue weighted by atomic mass is 10.1. The summed E-state index contributed by atoms with van der Waals surface area (Å²) in [4.78, 5) is 19.2. The van der Waals surface area contributed by atoms with E-state index in [4.69, 9.17) is 16.6 Å². The van der Waals surface area contributed by atoms with Crippen molar-refractivity contribution in [3.05, 3.63) is 70.8 Å². The molecule has 5 nitrogen and oxygen atoms in total. The highest BCUT2D eigenvalue weighted by Crippen LogP contribution is 2.23. The molecule has 0 radical (unpaired) electrons. The van der Waals surface area contributed by atoms with Gasteiger partial charge in [0.1, 0.15) is 11.0 Å². The maximum atomic E-state index is 13.4. The Morgan fingerprint density at radius 2 is 2.00 bits per heavy atom. The summed E-state index contributed by atoms with van der Waals surface area (Å²) in [5, 5.41) is 0.344. The van der Waals surface area contributed by atoms with Gasteiger partial charge in [0.25, 0.3) is 0 Å². The van der Waals surface area contributed by atoms with Gasteiger partial charge in [0, 0.05) is 61.3 Å². The second-order valence-electron chi connectivity index (χ2n) is 5.97. The monoisotopic (exact) mass is 355 g/mol. The number of pyridine rings is 2. The van der Waals surface area contributed by atoms with Crippen molar-refractivity contribution in [2.45, 2.75) is 19.5 Å². The van der Waals surface area contributed by atoms with Crippen molar-refractivity contribution in [1.29, 1.82) is 0 Å². The molecule has 0 unspecified atom stereocenters. The lowest BCUT2D eigenvalue weighted by molar-refractivity contribution is 0.242. The van der Waals surface area contributed by atoms with E-state index in [1.165, 1.54) is 6.07 Å². The third-order valence-corrected chi connectivity index (χ3v) is 4.56. The van der Waals surface area contributed by atoms with Crippen LogP contribution in [0, 0.1) is 5.82 Å². The molecular weight excluding hydrogens is 341 g/mol. The summed E-state index contributed by atoms with van der Waals surface area (Å²) >= 11 is 6.07. The largest absolute Gasteiger partial charge is 0.294 e. The van der Waals surface area contributed by atoms with E-state index in [1.807, 2.05) is 18.3 Å². The van der Waals surface area contributed by atoms with E-state index in [9.17, 15) is 4.39 Å². The average Bonchev–Trinajstić information content (AvgIpc) is 2.65. The Morgan fingerprint density at radius 1 is 1.16 bits per heavy atom. The second kappa shape index (κ2) is 6.82. The zero-order valence-corrected chi connectivity index (χ0v) is 14.1. The van der Waals surface area contributed by atoms with Gasteiger partial charge in [-0.3, -0.25) is 9.88 Å². The first-order valence-corrected chi connectivity index (χ1v) is 8.34. The molecule has 0 N–H and O–H groups in total. The Labute approximate surface area is 149 Å². The molecule has 3 aromatic heterocycles. The minimum Gasteiger partial charge on any atom is -0.294 e. The fourth-order valence-electron chi connectivity index (χ4n) is 2.97. The lowest BCUT2D eigenvalue weighted by Crippen LogP contribution is -2.31. The molecule has 0 bridgehead atoms. The van der Waals surface area contributed by atoms with Crippen LogP contribution in [0.5, 0.6) is 0 Å². The Kier molecular flexibility index (Phi) is 4.38. The maximum Gasteiger partial charge on any atom is 0.159 e. The molecule has 1 aliphatic rings. The van der Waals surface area contributed by atoms with Crippen molar-refractivity contribution in [1.82, 2.24) is 24.8 Å². The Morgan fingerprint density at radius 3 is 2.84 bits per heavy atom. The standard InChI is InChI=1S/C18H15ClFN5/c19-17-13(7-15(20)9-22-17)10-25-6-3-16-14(11-25)8-23-18(24-16)12-1-4-21-5-2-12/h1-2,4-5,7-9H,3,6,10-11H2. The Bertz CT molecular complexity index is 903. The quantitative estimate of drug-likeness (QED) is 0.675. The van der Waals surface area contributed by atoms with Crippen LogP contribution in [-0.2, 0) is 19.5 Å². The summed E-state index contributed by atoms with van der Waals surface area (Å²) < 4.78 is 13.4. The number of hydrogen-bond acceptors (Lipinski definition) is 5. The van der Waals surface area contributed by atoms with Gasteiger partial charge in [-0.15, -0.1) is 0 Å². The van der Waals surface area contributed by atoms with Crippen LogP contribution in [0.2, 0.25) is 5.15 Å². The van der Waals surface area contributed by atoms with E-state index >= 15 is 0 Å². The molecule has 126 valence electrons. The molecule has 3 aromatic rings. The van der Waals surface area contributed by atoms with Gasteiger partial charge in [0.15, 0.2) is 5.82 Å². The first kappa shape index (κ1) is 16.1. The van der Waals surface area contributed by atoms with E-state index in [0.717, 1.165) is 36.0 Å². The van der Waals surface area contributed by atoms with E-state index < -0.39 is 0 Å². The second-order valence-corrected chi connectivity index (χ2v) is 6.32. The van der Waals surface area contributed by atoms with Crippen LogP contribution < -0.4 is 0 Å². The molecule has 0 atom stereocenters. The Balaban J connectivity index is 1.53. The molecule has 25 heavy (non-hydrogen) atoms. The van der Waals surface area contributed by atoms with Crippen molar-refractivity contribution in [3.63, 3.8) is 0 Å². The van der Waals surface area contributed by atoms with E-state index in [2.05, 4.69) is 19.9 Å². The van der Waals surface area contributed by atoms with Gasteiger partial charge in [0.2, 0.25) is 0 Å². The minimum absolute atomic E-state index is 0.344. The third kappa shape index (κ3) is 3.50. The summed E-state index contributed by atoms with van der Waals surface area (Å²) in [5.41, 5.74) is 3.79. The molecule has 0 aliphatic carbocycles. The number of nitrogens with zero attached hydrogens (tertiary/aromatic N) is 5. The highest BCUT2D eigenvalue weighted by molar-refractivity contribution is 6.30. The topological polar surface area (TPSA) is 54.8 Å². The van der Waals surface area contributed by atoms with Crippen molar-refractivity contribution in [2.24, 2.45) is 0 Å². The molecule has 0 fully saturated rings. The summed E-state index contributed by atoms with van der Waals surface area (Å²) in [6.45, 7) is 2.08. The maximum absolute atomic E-state index is 13.4. The van der Waals surface area contributed by atoms with Gasteiger partial charge in [-0.05, 0) is 18.2 Å². The molecular formula is C18H15ClFN5. The number of aromatic nitrogens is 4. The van der Waals surface area contributed by atoms with Crippen LogP contribution in [0.4, 0.5) is 4.39 Å². The van der Waals surface area contributed by atoms with Crippen LogP contribution in [0.25, 0.3) is 11.4 Å². The molecule has 0 aromatic carbocycles. The third-order valence-electron chi connectivity index (χ3n) is 4.22.